The summed E-state index contributed by atoms with van der Waals surface area (Å²) in [5, 5.41) is 0. The molecule has 0 unspecified atom stereocenters. The Bertz CT molecular complexity index is 714. The highest BCUT2D eigenvalue weighted by atomic mass is 16.1. The average molecular weight is 290 g/mol. The Morgan fingerprint density at radius 2 is 1.00 bits per heavy atom. The maximum absolute atomic E-state index is 11.5. The highest BCUT2D eigenvalue weighted by Gasteiger charge is 2.09. The van der Waals surface area contributed by atoms with Crippen molar-refractivity contribution in [2.75, 3.05) is 0 Å². The normalized spacial score (nSPS) is 10.1. The van der Waals surface area contributed by atoms with Crippen LogP contribution in [0.1, 0.15) is 45.7 Å². The molecule has 0 saturated heterocycles. The molecule has 0 N–H and O–H groups in total. The Kier molecular flexibility index (Phi) is 4.52. The molecular weight excluding hydrogens is 272 g/mol. The molecule has 2 aromatic carbocycles. The van der Waals surface area contributed by atoms with Crippen molar-refractivity contribution in [3.63, 3.8) is 0 Å². The molecule has 0 fully saturated rings. The largest absolute Gasteiger partial charge is 0.295 e. The number of benzene rings is 2. The van der Waals surface area contributed by atoms with Gasteiger partial charge in [0.25, 0.3) is 0 Å². The monoisotopic (exact) mass is 290 g/mol. The molecule has 0 amide bonds. The fraction of sp³-hybridized carbons (Fsp3) is 0.100. The number of carbonyl (C=O) groups is 2. The summed E-state index contributed by atoms with van der Waals surface area (Å²) in [6.07, 6.45) is 0. The molecule has 2 aromatic rings. The predicted octanol–water partition coefficient (Wildman–Crippen LogP) is 4.82. The highest BCUT2D eigenvalue weighted by Crippen LogP contribution is 2.29. The fourth-order valence-electron chi connectivity index (χ4n) is 2.20. The first kappa shape index (κ1) is 15.6. The van der Waals surface area contributed by atoms with E-state index < -0.39 is 0 Å². The molecule has 0 aliphatic carbocycles. The molecule has 0 aliphatic rings. The van der Waals surface area contributed by atoms with Crippen LogP contribution in [0.25, 0.3) is 11.1 Å². The number of Topliss-reactive ketones (excluding diaryl/α,β-unsaturated/α-hetero) is 2. The van der Waals surface area contributed by atoms with Crippen LogP contribution in [0.3, 0.4) is 0 Å². The minimum Gasteiger partial charge on any atom is -0.295 e. The van der Waals surface area contributed by atoms with Gasteiger partial charge in [-0.15, -0.1) is 0 Å². The second-order valence-electron chi connectivity index (χ2n) is 5.23. The van der Waals surface area contributed by atoms with Crippen molar-refractivity contribution in [3.05, 3.63) is 83.9 Å². The SMILES string of the molecule is C=C(C(=C)c1cccc(C(C)=O)c1)c1cccc(C(C)=O)c1. The molecule has 0 bridgehead atoms. The first-order valence-corrected chi connectivity index (χ1v) is 7.01. The number of rotatable bonds is 5. The van der Waals surface area contributed by atoms with E-state index in [0.29, 0.717) is 11.1 Å². The lowest BCUT2D eigenvalue weighted by molar-refractivity contribution is 0.100. The molecule has 0 saturated carbocycles. The van der Waals surface area contributed by atoms with Crippen LogP contribution in [0.2, 0.25) is 0 Å². The zero-order valence-corrected chi connectivity index (χ0v) is 12.8. The minimum absolute atomic E-state index is 0.0128. The van der Waals surface area contributed by atoms with Crippen LogP contribution >= 0.6 is 0 Å². The van der Waals surface area contributed by atoms with E-state index in [1.165, 1.54) is 13.8 Å². The summed E-state index contributed by atoms with van der Waals surface area (Å²) >= 11 is 0. The third kappa shape index (κ3) is 3.29. The molecule has 2 rings (SSSR count). The summed E-state index contributed by atoms with van der Waals surface area (Å²) in [5.41, 5.74) is 4.47. The third-order valence-electron chi connectivity index (χ3n) is 3.60. The van der Waals surface area contributed by atoms with Crippen LogP contribution in [0.15, 0.2) is 61.7 Å². The summed E-state index contributed by atoms with van der Waals surface area (Å²) in [6.45, 7) is 11.2. The predicted molar refractivity (Wildman–Crippen MR) is 91.0 cm³/mol. The Hall–Kier alpha value is -2.74. The topological polar surface area (TPSA) is 34.1 Å². The van der Waals surface area contributed by atoms with Crippen LogP contribution in [-0.4, -0.2) is 11.6 Å². The van der Waals surface area contributed by atoms with Crippen molar-refractivity contribution in [1.82, 2.24) is 0 Å². The average Bonchev–Trinajstić information content (AvgIpc) is 2.53. The quantitative estimate of drug-likeness (QED) is 0.584. The third-order valence-corrected chi connectivity index (χ3v) is 3.60. The van der Waals surface area contributed by atoms with Gasteiger partial charge in [0.2, 0.25) is 0 Å². The van der Waals surface area contributed by atoms with E-state index in [2.05, 4.69) is 13.2 Å². The first-order valence-electron chi connectivity index (χ1n) is 7.01. The van der Waals surface area contributed by atoms with Crippen molar-refractivity contribution in [1.29, 1.82) is 0 Å². The molecule has 0 spiro atoms. The fourth-order valence-corrected chi connectivity index (χ4v) is 2.20. The van der Waals surface area contributed by atoms with Crippen LogP contribution in [0, 0.1) is 0 Å². The van der Waals surface area contributed by atoms with Gasteiger partial charge in [0.05, 0.1) is 0 Å². The van der Waals surface area contributed by atoms with Gasteiger partial charge < -0.3 is 0 Å². The number of allylic oxidation sites excluding steroid dienone is 2. The molecule has 2 nitrogen and oxygen atoms in total. The van der Waals surface area contributed by atoms with Gasteiger partial charge >= 0.3 is 0 Å². The Morgan fingerprint density at radius 3 is 1.32 bits per heavy atom. The van der Waals surface area contributed by atoms with Crippen LogP contribution < -0.4 is 0 Å². The molecule has 0 radical (unpaired) electrons. The summed E-state index contributed by atoms with van der Waals surface area (Å²) in [5.74, 6) is 0.0256. The van der Waals surface area contributed by atoms with Gasteiger partial charge in [0.15, 0.2) is 11.6 Å². The molecule has 0 aliphatic heterocycles. The highest BCUT2D eigenvalue weighted by molar-refractivity contribution is 6.05. The van der Waals surface area contributed by atoms with Crippen molar-refractivity contribution in [2.24, 2.45) is 0 Å². The number of hydrogen-bond donors (Lipinski definition) is 0. The standard InChI is InChI=1S/C20H18O2/c1-13(17-7-5-9-19(11-17)15(3)21)14(2)18-8-6-10-20(12-18)16(4)22/h5-12H,1-2H2,3-4H3. The zero-order valence-electron chi connectivity index (χ0n) is 12.8. The Balaban J connectivity index is 2.35. The Morgan fingerprint density at radius 1 is 0.682 bits per heavy atom. The van der Waals surface area contributed by atoms with Crippen molar-refractivity contribution in [3.8, 4) is 0 Å². The second kappa shape index (κ2) is 6.35. The van der Waals surface area contributed by atoms with Crippen molar-refractivity contribution in [2.45, 2.75) is 13.8 Å². The van der Waals surface area contributed by atoms with Gasteiger partial charge in [-0.3, -0.25) is 9.59 Å². The van der Waals surface area contributed by atoms with E-state index in [-0.39, 0.29) is 11.6 Å². The van der Waals surface area contributed by atoms with Gasteiger partial charge in [0, 0.05) is 11.1 Å². The number of ketones is 2. The minimum atomic E-state index is 0.0128. The van der Waals surface area contributed by atoms with Crippen molar-refractivity contribution >= 4 is 22.7 Å². The number of carbonyl (C=O) groups excluding carboxylic acids is 2. The van der Waals surface area contributed by atoms with Crippen LogP contribution in [0.5, 0.6) is 0 Å². The van der Waals surface area contributed by atoms with E-state index in [0.717, 1.165) is 22.3 Å². The lowest BCUT2D eigenvalue weighted by Gasteiger charge is -2.12. The zero-order chi connectivity index (χ0) is 16.3. The summed E-state index contributed by atoms with van der Waals surface area (Å²) in [4.78, 5) is 23.0. The van der Waals surface area contributed by atoms with Crippen LogP contribution in [0.4, 0.5) is 0 Å². The second-order valence-corrected chi connectivity index (χ2v) is 5.23. The maximum atomic E-state index is 11.5. The number of hydrogen-bond acceptors (Lipinski definition) is 2. The summed E-state index contributed by atoms with van der Waals surface area (Å²) in [6, 6.07) is 14.6. The van der Waals surface area contributed by atoms with Crippen molar-refractivity contribution < 1.29 is 9.59 Å². The lowest BCUT2D eigenvalue weighted by atomic mass is 9.92. The van der Waals surface area contributed by atoms with E-state index in [9.17, 15) is 9.59 Å². The molecule has 0 aromatic heterocycles. The van der Waals surface area contributed by atoms with E-state index in [1.54, 1.807) is 12.1 Å². The van der Waals surface area contributed by atoms with Gasteiger partial charge in [0.1, 0.15) is 0 Å². The van der Waals surface area contributed by atoms with Gasteiger partial charge in [-0.1, -0.05) is 49.6 Å². The van der Waals surface area contributed by atoms with Gasteiger partial charge in [-0.25, -0.2) is 0 Å². The smallest absolute Gasteiger partial charge is 0.159 e. The summed E-state index contributed by atoms with van der Waals surface area (Å²) < 4.78 is 0. The molecular formula is C20H18O2. The van der Waals surface area contributed by atoms with E-state index in [1.807, 2.05) is 36.4 Å². The molecule has 22 heavy (non-hydrogen) atoms. The first-order chi connectivity index (χ1) is 10.4. The maximum Gasteiger partial charge on any atom is 0.159 e. The molecule has 0 heterocycles. The van der Waals surface area contributed by atoms with E-state index >= 15 is 0 Å². The van der Waals surface area contributed by atoms with Gasteiger partial charge in [-0.05, 0) is 48.3 Å². The van der Waals surface area contributed by atoms with Gasteiger partial charge in [-0.2, -0.15) is 0 Å². The molecule has 2 heteroatoms. The molecule has 0 atom stereocenters. The lowest BCUT2D eigenvalue weighted by Crippen LogP contribution is -1.96. The van der Waals surface area contributed by atoms with Crippen LogP contribution in [-0.2, 0) is 0 Å². The summed E-state index contributed by atoms with van der Waals surface area (Å²) in [7, 11) is 0. The van der Waals surface area contributed by atoms with E-state index in [4.69, 9.17) is 0 Å². The molecule has 110 valence electrons. The Labute approximate surface area is 130 Å².